The molecular weight excluding hydrogens is 244 g/mol. The van der Waals surface area contributed by atoms with E-state index >= 15 is 0 Å². The molecule has 1 saturated carbocycles. The number of hydrogen-bond acceptors (Lipinski definition) is 5. The predicted octanol–water partition coefficient (Wildman–Crippen LogP) is 2.54. The molecule has 1 aromatic heterocycles. The summed E-state index contributed by atoms with van der Waals surface area (Å²) in [5.74, 6) is -0.965. The Hall–Kier alpha value is -0.750. The SMILES string of the molecule is CSC1(CNc2nc(C(=O)O)cs2)CCC1. The zero-order chi connectivity index (χ0) is 11.6. The number of aromatic carboxylic acids is 1. The third-order valence-electron chi connectivity index (χ3n) is 2.98. The Morgan fingerprint density at radius 3 is 2.94 bits per heavy atom. The number of carbonyl (C=O) groups is 1. The molecule has 6 heteroatoms. The van der Waals surface area contributed by atoms with E-state index in [9.17, 15) is 4.79 Å². The smallest absolute Gasteiger partial charge is 0.355 e. The van der Waals surface area contributed by atoms with E-state index in [1.807, 2.05) is 11.8 Å². The van der Waals surface area contributed by atoms with Gasteiger partial charge in [-0.15, -0.1) is 11.3 Å². The highest BCUT2D eigenvalue weighted by atomic mass is 32.2. The van der Waals surface area contributed by atoms with Crippen LogP contribution in [0, 0.1) is 0 Å². The van der Waals surface area contributed by atoms with Crippen LogP contribution in [0.15, 0.2) is 5.38 Å². The summed E-state index contributed by atoms with van der Waals surface area (Å²) in [7, 11) is 0. The highest BCUT2D eigenvalue weighted by molar-refractivity contribution is 8.00. The Balaban J connectivity index is 1.91. The molecular formula is C10H14N2O2S2. The van der Waals surface area contributed by atoms with Crippen LogP contribution in [0.5, 0.6) is 0 Å². The second kappa shape index (κ2) is 4.63. The summed E-state index contributed by atoms with van der Waals surface area (Å²) >= 11 is 3.24. The van der Waals surface area contributed by atoms with E-state index in [1.165, 1.54) is 30.6 Å². The molecule has 1 aliphatic carbocycles. The quantitative estimate of drug-likeness (QED) is 0.850. The summed E-state index contributed by atoms with van der Waals surface area (Å²) < 4.78 is 0.342. The monoisotopic (exact) mass is 258 g/mol. The highest BCUT2D eigenvalue weighted by Gasteiger charge is 2.35. The summed E-state index contributed by atoms with van der Waals surface area (Å²) in [5, 5.41) is 14.3. The third-order valence-corrected chi connectivity index (χ3v) is 5.20. The lowest BCUT2D eigenvalue weighted by molar-refractivity contribution is 0.0691. The number of hydrogen-bond donors (Lipinski definition) is 2. The van der Waals surface area contributed by atoms with E-state index in [-0.39, 0.29) is 5.69 Å². The molecule has 1 aliphatic rings. The fourth-order valence-corrected chi connectivity index (χ4v) is 3.31. The fraction of sp³-hybridized carbons (Fsp3) is 0.600. The average molecular weight is 258 g/mol. The average Bonchev–Trinajstić information content (AvgIpc) is 2.65. The van der Waals surface area contributed by atoms with E-state index < -0.39 is 5.97 Å². The van der Waals surface area contributed by atoms with Crippen LogP contribution in [-0.4, -0.2) is 33.6 Å². The van der Waals surface area contributed by atoms with Crippen LogP contribution < -0.4 is 5.32 Å². The standard InChI is InChI=1S/C10H14N2O2S2/c1-15-10(3-2-4-10)6-11-9-12-7(5-16-9)8(13)14/h5H,2-4,6H2,1H3,(H,11,12)(H,13,14). The van der Waals surface area contributed by atoms with Crippen molar-refractivity contribution in [3.05, 3.63) is 11.1 Å². The normalized spacial score (nSPS) is 17.8. The Bertz CT molecular complexity index is 382. The van der Waals surface area contributed by atoms with Crippen LogP contribution in [0.2, 0.25) is 0 Å². The van der Waals surface area contributed by atoms with Crippen molar-refractivity contribution in [1.82, 2.24) is 4.98 Å². The van der Waals surface area contributed by atoms with Crippen molar-refractivity contribution in [1.29, 1.82) is 0 Å². The van der Waals surface area contributed by atoms with Gasteiger partial charge in [0.1, 0.15) is 0 Å². The molecule has 0 radical (unpaired) electrons. The molecule has 1 aromatic rings. The van der Waals surface area contributed by atoms with E-state index in [0.29, 0.717) is 9.88 Å². The molecule has 4 nitrogen and oxygen atoms in total. The van der Waals surface area contributed by atoms with Gasteiger partial charge in [-0.3, -0.25) is 0 Å². The molecule has 0 aromatic carbocycles. The Morgan fingerprint density at radius 1 is 1.75 bits per heavy atom. The molecule has 0 saturated heterocycles. The van der Waals surface area contributed by atoms with Gasteiger partial charge in [-0.2, -0.15) is 11.8 Å². The Morgan fingerprint density at radius 2 is 2.50 bits per heavy atom. The zero-order valence-corrected chi connectivity index (χ0v) is 10.7. The fourth-order valence-electron chi connectivity index (χ4n) is 1.71. The zero-order valence-electron chi connectivity index (χ0n) is 9.02. The van der Waals surface area contributed by atoms with Gasteiger partial charge in [-0.05, 0) is 19.1 Å². The number of thiazole rings is 1. The van der Waals surface area contributed by atoms with Crippen LogP contribution in [0.1, 0.15) is 29.8 Å². The van der Waals surface area contributed by atoms with Crippen molar-refractivity contribution >= 4 is 34.2 Å². The maximum atomic E-state index is 10.7. The third kappa shape index (κ3) is 2.32. The molecule has 88 valence electrons. The lowest BCUT2D eigenvalue weighted by atomic mass is 9.84. The van der Waals surface area contributed by atoms with E-state index in [0.717, 1.165) is 6.54 Å². The number of carboxylic acid groups (broad SMARTS) is 1. The lowest BCUT2D eigenvalue weighted by Gasteiger charge is -2.40. The van der Waals surface area contributed by atoms with Crippen molar-refractivity contribution in [3.8, 4) is 0 Å². The van der Waals surface area contributed by atoms with Crippen molar-refractivity contribution < 1.29 is 9.90 Å². The lowest BCUT2D eigenvalue weighted by Crippen LogP contribution is -2.40. The Labute approximate surface area is 102 Å². The number of thioether (sulfide) groups is 1. The van der Waals surface area contributed by atoms with Gasteiger partial charge in [0.25, 0.3) is 0 Å². The number of nitrogens with zero attached hydrogens (tertiary/aromatic N) is 1. The van der Waals surface area contributed by atoms with Gasteiger partial charge < -0.3 is 10.4 Å². The second-order valence-electron chi connectivity index (χ2n) is 3.94. The molecule has 0 atom stereocenters. The first-order valence-corrected chi connectivity index (χ1v) is 7.23. The largest absolute Gasteiger partial charge is 0.476 e. The number of carboxylic acids is 1. The summed E-state index contributed by atoms with van der Waals surface area (Å²) in [6.45, 7) is 0.876. The van der Waals surface area contributed by atoms with Crippen LogP contribution in [-0.2, 0) is 0 Å². The second-order valence-corrected chi connectivity index (χ2v) is 6.07. The maximum absolute atomic E-state index is 10.7. The van der Waals surface area contributed by atoms with Gasteiger partial charge >= 0.3 is 5.97 Å². The summed E-state index contributed by atoms with van der Waals surface area (Å²) in [5.41, 5.74) is 0.124. The Kier molecular flexibility index (Phi) is 3.39. The van der Waals surface area contributed by atoms with Gasteiger partial charge in [0, 0.05) is 16.7 Å². The topological polar surface area (TPSA) is 62.2 Å². The summed E-state index contributed by atoms with van der Waals surface area (Å²) in [4.78, 5) is 14.7. The molecule has 2 N–H and O–H groups in total. The van der Waals surface area contributed by atoms with E-state index in [4.69, 9.17) is 5.11 Å². The maximum Gasteiger partial charge on any atom is 0.355 e. The van der Waals surface area contributed by atoms with Gasteiger partial charge in [-0.25, -0.2) is 9.78 Å². The van der Waals surface area contributed by atoms with Gasteiger partial charge in [-0.1, -0.05) is 6.42 Å². The van der Waals surface area contributed by atoms with Crippen molar-refractivity contribution in [2.45, 2.75) is 24.0 Å². The molecule has 16 heavy (non-hydrogen) atoms. The van der Waals surface area contributed by atoms with E-state index in [2.05, 4.69) is 16.6 Å². The van der Waals surface area contributed by atoms with Crippen LogP contribution in [0.3, 0.4) is 0 Å². The first kappa shape index (κ1) is 11.7. The van der Waals surface area contributed by atoms with Gasteiger partial charge in [0.2, 0.25) is 0 Å². The number of anilines is 1. The number of nitrogens with one attached hydrogen (secondary N) is 1. The minimum Gasteiger partial charge on any atom is -0.476 e. The molecule has 0 aliphatic heterocycles. The molecule has 2 rings (SSSR count). The van der Waals surface area contributed by atoms with Crippen LogP contribution >= 0.6 is 23.1 Å². The molecule has 0 spiro atoms. The number of rotatable bonds is 5. The molecule has 1 heterocycles. The van der Waals surface area contributed by atoms with E-state index in [1.54, 1.807) is 5.38 Å². The van der Waals surface area contributed by atoms with Crippen LogP contribution in [0.25, 0.3) is 0 Å². The summed E-state index contributed by atoms with van der Waals surface area (Å²) in [6.07, 6.45) is 5.89. The highest BCUT2D eigenvalue weighted by Crippen LogP contribution is 2.42. The minimum absolute atomic E-state index is 0.124. The molecule has 1 fully saturated rings. The molecule has 0 bridgehead atoms. The number of aromatic nitrogens is 1. The van der Waals surface area contributed by atoms with Crippen LogP contribution in [0.4, 0.5) is 5.13 Å². The minimum atomic E-state index is -0.965. The first-order chi connectivity index (χ1) is 7.65. The molecule has 0 amide bonds. The predicted molar refractivity (Wildman–Crippen MR) is 67.7 cm³/mol. The van der Waals surface area contributed by atoms with Crippen molar-refractivity contribution in [2.75, 3.05) is 18.1 Å². The van der Waals surface area contributed by atoms with Gasteiger partial charge in [0.15, 0.2) is 10.8 Å². The van der Waals surface area contributed by atoms with Crippen molar-refractivity contribution in [2.24, 2.45) is 0 Å². The summed E-state index contributed by atoms with van der Waals surface area (Å²) in [6, 6.07) is 0. The van der Waals surface area contributed by atoms with Crippen molar-refractivity contribution in [3.63, 3.8) is 0 Å². The first-order valence-electron chi connectivity index (χ1n) is 5.13. The molecule has 0 unspecified atom stereocenters. The van der Waals surface area contributed by atoms with Gasteiger partial charge in [0.05, 0.1) is 0 Å².